The van der Waals surface area contributed by atoms with Gasteiger partial charge >= 0.3 is 5.97 Å². The first-order chi connectivity index (χ1) is 13.3. The molecule has 1 fully saturated rings. The van der Waals surface area contributed by atoms with Gasteiger partial charge in [-0.3, -0.25) is 4.79 Å². The predicted molar refractivity (Wildman–Crippen MR) is 108 cm³/mol. The molecular weight excluding hydrogens is 358 g/mol. The minimum absolute atomic E-state index is 0.0453. The monoisotopic (exact) mass is 387 g/mol. The summed E-state index contributed by atoms with van der Waals surface area (Å²) in [4.78, 5) is 16.8. The molecule has 8 heteroatoms. The summed E-state index contributed by atoms with van der Waals surface area (Å²) in [6, 6.07) is 0.222. The van der Waals surface area contributed by atoms with Gasteiger partial charge in [-0.15, -0.1) is 0 Å². The number of pyridine rings is 1. The number of aromatic nitrogens is 3. The first-order valence-corrected chi connectivity index (χ1v) is 9.83. The van der Waals surface area contributed by atoms with Crippen molar-refractivity contribution in [3.63, 3.8) is 0 Å². The lowest BCUT2D eigenvalue weighted by Gasteiger charge is -2.31. The van der Waals surface area contributed by atoms with Crippen LogP contribution in [-0.4, -0.2) is 43.8 Å². The summed E-state index contributed by atoms with van der Waals surface area (Å²) in [5, 5.41) is 21.0. The fourth-order valence-corrected chi connectivity index (χ4v) is 3.66. The Morgan fingerprint density at radius 1 is 1.36 bits per heavy atom. The number of rotatable bonds is 5. The van der Waals surface area contributed by atoms with Gasteiger partial charge in [-0.05, 0) is 53.4 Å². The van der Waals surface area contributed by atoms with E-state index in [1.807, 2.05) is 32.4 Å². The topological polar surface area (TPSA) is 102 Å². The smallest absolute Gasteiger partial charge is 0.309 e. The molecular formula is C20H29N5O3. The van der Waals surface area contributed by atoms with Gasteiger partial charge in [0, 0.05) is 24.3 Å². The van der Waals surface area contributed by atoms with Gasteiger partial charge < -0.3 is 15.3 Å². The number of carbonyl (C=O) groups is 1. The maximum Gasteiger partial charge on any atom is 0.309 e. The quantitative estimate of drug-likeness (QED) is 0.352. The molecule has 152 valence electrons. The first kappa shape index (κ1) is 20.1. The maximum atomic E-state index is 12.3. The highest BCUT2D eigenvalue weighted by atomic mass is 16.6. The number of aryl methyl sites for hydroxylation is 1. The van der Waals surface area contributed by atoms with Crippen molar-refractivity contribution in [2.24, 2.45) is 11.1 Å². The number of ether oxygens (including phenoxy) is 1. The van der Waals surface area contributed by atoms with E-state index in [0.29, 0.717) is 5.56 Å². The molecule has 0 radical (unpaired) electrons. The Morgan fingerprint density at radius 2 is 2.07 bits per heavy atom. The molecule has 1 aliphatic carbocycles. The number of nitrogens with zero attached hydrogens (tertiary/aromatic N) is 4. The Bertz CT molecular complexity index is 861. The molecule has 0 amide bonds. The molecule has 0 aliphatic heterocycles. The van der Waals surface area contributed by atoms with Gasteiger partial charge in [0.25, 0.3) is 0 Å². The third kappa shape index (κ3) is 4.43. The summed E-state index contributed by atoms with van der Waals surface area (Å²) in [7, 11) is 0. The largest absolute Gasteiger partial charge is 0.460 e. The second kappa shape index (κ2) is 8.16. The van der Waals surface area contributed by atoms with Crippen molar-refractivity contribution in [1.29, 1.82) is 0 Å². The summed E-state index contributed by atoms with van der Waals surface area (Å²) < 4.78 is 7.36. The highest BCUT2D eigenvalue weighted by Gasteiger charge is 2.30. The van der Waals surface area contributed by atoms with Gasteiger partial charge in [-0.1, -0.05) is 5.16 Å². The van der Waals surface area contributed by atoms with Crippen molar-refractivity contribution in [2.45, 2.75) is 71.6 Å². The van der Waals surface area contributed by atoms with Crippen molar-refractivity contribution < 1.29 is 14.7 Å². The van der Waals surface area contributed by atoms with Crippen LogP contribution >= 0.6 is 0 Å². The van der Waals surface area contributed by atoms with Crippen LogP contribution in [0.2, 0.25) is 0 Å². The lowest BCUT2D eigenvalue weighted by Crippen LogP contribution is -2.34. The van der Waals surface area contributed by atoms with Gasteiger partial charge in [0.05, 0.1) is 29.4 Å². The molecule has 8 nitrogen and oxygen atoms in total. The maximum absolute atomic E-state index is 12.3. The molecule has 0 unspecified atom stereocenters. The molecule has 2 aromatic heterocycles. The minimum atomic E-state index is -0.452. The van der Waals surface area contributed by atoms with E-state index < -0.39 is 5.60 Å². The zero-order valence-corrected chi connectivity index (χ0v) is 17.0. The van der Waals surface area contributed by atoms with E-state index in [-0.39, 0.29) is 17.9 Å². The molecule has 0 aromatic carbocycles. The van der Waals surface area contributed by atoms with Crippen LogP contribution in [0.3, 0.4) is 0 Å². The van der Waals surface area contributed by atoms with Crippen molar-refractivity contribution in [3.8, 4) is 0 Å². The van der Waals surface area contributed by atoms with E-state index in [9.17, 15) is 4.79 Å². The lowest BCUT2D eigenvalue weighted by molar-refractivity contribution is -0.161. The molecule has 1 aliphatic rings. The zero-order valence-electron chi connectivity index (χ0n) is 17.0. The molecule has 2 N–H and O–H groups in total. The molecule has 3 rings (SSSR count). The van der Waals surface area contributed by atoms with Crippen LogP contribution in [0.25, 0.3) is 11.0 Å². The number of esters is 1. The second-order valence-corrected chi connectivity index (χ2v) is 8.26. The van der Waals surface area contributed by atoms with Crippen LogP contribution in [0.1, 0.15) is 58.9 Å². The summed E-state index contributed by atoms with van der Waals surface area (Å²) in [5.41, 5.74) is 1.91. The summed E-state index contributed by atoms with van der Waals surface area (Å²) >= 11 is 0. The second-order valence-electron chi connectivity index (χ2n) is 8.26. The average molecular weight is 387 g/mol. The van der Waals surface area contributed by atoms with Crippen molar-refractivity contribution >= 4 is 28.9 Å². The normalized spacial score (nSPS) is 20.6. The average Bonchev–Trinajstić information content (AvgIpc) is 3.06. The van der Waals surface area contributed by atoms with E-state index in [1.54, 1.807) is 12.4 Å². The summed E-state index contributed by atoms with van der Waals surface area (Å²) in [6.45, 7) is 8.43. The Kier molecular flexibility index (Phi) is 5.86. The van der Waals surface area contributed by atoms with E-state index in [0.717, 1.165) is 48.9 Å². The van der Waals surface area contributed by atoms with E-state index >= 15 is 0 Å². The third-order valence-corrected chi connectivity index (χ3v) is 5.01. The van der Waals surface area contributed by atoms with Gasteiger partial charge in [0.15, 0.2) is 5.65 Å². The molecule has 1 saturated carbocycles. The number of anilines is 1. The molecule has 0 saturated heterocycles. The van der Waals surface area contributed by atoms with E-state index in [4.69, 9.17) is 9.94 Å². The van der Waals surface area contributed by atoms with Gasteiger partial charge in [-0.25, -0.2) is 9.67 Å². The molecule has 2 heterocycles. The Balaban J connectivity index is 1.74. The lowest BCUT2D eigenvalue weighted by atomic mass is 9.85. The number of oxime groups is 1. The standard InChI is InChI=1S/C20H29N5O3/c1-5-25-18-16(12-22-25)17(14(10-21-18)11-23-27)24-15-8-6-13(7-9-15)19(26)28-20(2,3)4/h10-13,15,27H,5-9H2,1-4H3,(H,21,24). The molecule has 0 bridgehead atoms. The summed E-state index contributed by atoms with van der Waals surface area (Å²) in [5.74, 6) is -0.148. The van der Waals surface area contributed by atoms with Crippen LogP contribution in [0.5, 0.6) is 0 Å². The van der Waals surface area contributed by atoms with E-state index in [1.165, 1.54) is 6.21 Å². The number of fused-ring (bicyclic) bond motifs is 1. The van der Waals surface area contributed by atoms with Gasteiger partial charge in [-0.2, -0.15) is 5.10 Å². The number of carbonyl (C=O) groups excluding carboxylic acids is 1. The summed E-state index contributed by atoms with van der Waals surface area (Å²) in [6.07, 6.45) is 8.16. The highest BCUT2D eigenvalue weighted by Crippen LogP contribution is 2.32. The highest BCUT2D eigenvalue weighted by molar-refractivity contribution is 6.00. The molecule has 0 atom stereocenters. The van der Waals surface area contributed by atoms with Crippen molar-refractivity contribution in [3.05, 3.63) is 18.0 Å². The fraction of sp³-hybridized carbons (Fsp3) is 0.600. The van der Waals surface area contributed by atoms with Crippen LogP contribution in [0.15, 0.2) is 17.5 Å². The number of nitrogens with one attached hydrogen (secondary N) is 1. The Hall–Kier alpha value is -2.64. The van der Waals surface area contributed by atoms with E-state index in [2.05, 4.69) is 20.6 Å². The van der Waals surface area contributed by atoms with Crippen molar-refractivity contribution in [2.75, 3.05) is 5.32 Å². The predicted octanol–water partition coefficient (Wildman–Crippen LogP) is 3.57. The zero-order chi connectivity index (χ0) is 20.3. The van der Waals surface area contributed by atoms with Crippen LogP contribution < -0.4 is 5.32 Å². The Morgan fingerprint density at radius 3 is 2.68 bits per heavy atom. The first-order valence-electron chi connectivity index (χ1n) is 9.83. The Labute approximate surface area is 165 Å². The molecule has 2 aromatic rings. The minimum Gasteiger partial charge on any atom is -0.460 e. The molecule has 0 spiro atoms. The number of hydrogen-bond donors (Lipinski definition) is 2. The van der Waals surface area contributed by atoms with Crippen LogP contribution in [0.4, 0.5) is 5.69 Å². The molecule has 28 heavy (non-hydrogen) atoms. The van der Waals surface area contributed by atoms with Gasteiger partial charge in [0.2, 0.25) is 0 Å². The number of hydrogen-bond acceptors (Lipinski definition) is 7. The van der Waals surface area contributed by atoms with Crippen LogP contribution in [-0.2, 0) is 16.1 Å². The van der Waals surface area contributed by atoms with Crippen molar-refractivity contribution in [1.82, 2.24) is 14.8 Å². The SMILES string of the molecule is CCn1ncc2c(NC3CCC(C(=O)OC(C)(C)C)CC3)c(C=NO)cnc21. The van der Waals surface area contributed by atoms with Gasteiger partial charge in [0.1, 0.15) is 5.60 Å². The van der Waals surface area contributed by atoms with Crippen LogP contribution in [0, 0.1) is 5.92 Å². The third-order valence-electron chi connectivity index (χ3n) is 5.01. The fourth-order valence-electron chi connectivity index (χ4n) is 3.66.